The van der Waals surface area contributed by atoms with E-state index < -0.39 is 0 Å². The van der Waals surface area contributed by atoms with Crippen LogP contribution in [0.2, 0.25) is 0 Å². The van der Waals surface area contributed by atoms with E-state index in [2.05, 4.69) is 62.5 Å². The van der Waals surface area contributed by atoms with Gasteiger partial charge in [0.1, 0.15) is 0 Å². The van der Waals surface area contributed by atoms with Crippen LogP contribution in [0.3, 0.4) is 0 Å². The van der Waals surface area contributed by atoms with Crippen LogP contribution in [0.1, 0.15) is 72.5 Å². The molecule has 4 aliphatic rings. The summed E-state index contributed by atoms with van der Waals surface area (Å²) in [7, 11) is 0. The zero-order chi connectivity index (χ0) is 26.6. The zero-order valence-electron chi connectivity index (χ0n) is 23.1. The molecule has 0 bridgehead atoms. The number of carbonyl (C=O) groups is 2. The third-order valence-electron chi connectivity index (χ3n) is 9.33. The quantitative estimate of drug-likeness (QED) is 0.598. The maximum Gasteiger partial charge on any atom is 0.321 e. The highest BCUT2D eigenvalue weighted by molar-refractivity contribution is 5.94. The van der Waals surface area contributed by atoms with Gasteiger partial charge in [0.15, 0.2) is 0 Å². The molecule has 1 saturated carbocycles. The molecule has 1 N–H and O–H groups in total. The second-order valence-corrected chi connectivity index (χ2v) is 11.8. The SMILES string of the molecule is O=C(c1ccc(CN2CCC(N3C(=O)N(C4CCCCC4)CC3c3ccccc3)CC2)cc1)N1CCNCC1. The third kappa shape index (κ3) is 5.85. The highest BCUT2D eigenvalue weighted by atomic mass is 16.2. The molecule has 0 aromatic heterocycles. The highest BCUT2D eigenvalue weighted by Gasteiger charge is 2.45. The van der Waals surface area contributed by atoms with Gasteiger partial charge in [-0.1, -0.05) is 61.7 Å². The van der Waals surface area contributed by atoms with Gasteiger partial charge in [-0.2, -0.15) is 0 Å². The second kappa shape index (κ2) is 12.1. The molecule has 7 heteroatoms. The molecule has 7 nitrogen and oxygen atoms in total. The van der Waals surface area contributed by atoms with Crippen molar-refractivity contribution in [2.24, 2.45) is 0 Å². The largest absolute Gasteiger partial charge is 0.336 e. The van der Waals surface area contributed by atoms with E-state index in [1.807, 2.05) is 17.0 Å². The number of amides is 3. The van der Waals surface area contributed by atoms with Gasteiger partial charge in [-0.3, -0.25) is 9.69 Å². The monoisotopic (exact) mass is 529 g/mol. The molecule has 4 fully saturated rings. The fraction of sp³-hybridized carbons (Fsp3) is 0.562. The summed E-state index contributed by atoms with van der Waals surface area (Å²) in [6.07, 6.45) is 8.11. The number of piperidine rings is 1. The lowest BCUT2D eigenvalue weighted by Gasteiger charge is -2.39. The van der Waals surface area contributed by atoms with E-state index in [4.69, 9.17) is 0 Å². The number of carbonyl (C=O) groups excluding carboxylic acids is 2. The van der Waals surface area contributed by atoms with E-state index in [1.165, 1.54) is 30.4 Å². The first-order valence-electron chi connectivity index (χ1n) is 15.1. The van der Waals surface area contributed by atoms with Gasteiger partial charge in [-0.05, 0) is 48.9 Å². The molecule has 208 valence electrons. The van der Waals surface area contributed by atoms with Crippen LogP contribution in [0.5, 0.6) is 0 Å². The highest BCUT2D eigenvalue weighted by Crippen LogP contribution is 2.38. The Hall–Kier alpha value is -2.90. The maximum absolute atomic E-state index is 13.9. The van der Waals surface area contributed by atoms with Crippen molar-refractivity contribution in [3.63, 3.8) is 0 Å². The van der Waals surface area contributed by atoms with E-state index in [1.54, 1.807) is 0 Å². The van der Waals surface area contributed by atoms with Gasteiger partial charge in [0.25, 0.3) is 5.91 Å². The number of benzene rings is 2. The Morgan fingerprint density at radius 2 is 1.49 bits per heavy atom. The van der Waals surface area contributed by atoms with Gasteiger partial charge >= 0.3 is 6.03 Å². The first kappa shape index (κ1) is 26.3. The lowest BCUT2D eigenvalue weighted by molar-refractivity contribution is 0.0735. The van der Waals surface area contributed by atoms with Crippen molar-refractivity contribution in [3.8, 4) is 0 Å². The van der Waals surface area contributed by atoms with Crippen molar-refractivity contribution in [2.45, 2.75) is 69.6 Å². The van der Waals surface area contributed by atoms with Crippen molar-refractivity contribution >= 4 is 11.9 Å². The summed E-state index contributed by atoms with van der Waals surface area (Å²) in [5.41, 5.74) is 3.29. The van der Waals surface area contributed by atoms with Crippen molar-refractivity contribution in [1.82, 2.24) is 24.9 Å². The van der Waals surface area contributed by atoms with Crippen LogP contribution >= 0.6 is 0 Å². The first-order valence-corrected chi connectivity index (χ1v) is 15.1. The zero-order valence-corrected chi connectivity index (χ0v) is 23.1. The Balaban J connectivity index is 1.08. The van der Waals surface area contributed by atoms with Crippen molar-refractivity contribution in [1.29, 1.82) is 0 Å². The number of nitrogens with zero attached hydrogens (tertiary/aromatic N) is 4. The molecule has 39 heavy (non-hydrogen) atoms. The molecule has 1 atom stereocenters. The topological polar surface area (TPSA) is 59.1 Å². The van der Waals surface area contributed by atoms with Crippen LogP contribution in [0, 0.1) is 0 Å². The summed E-state index contributed by atoms with van der Waals surface area (Å²) in [6, 6.07) is 20.0. The molecule has 3 saturated heterocycles. The average Bonchev–Trinajstić information content (AvgIpc) is 3.36. The Bertz CT molecular complexity index is 1100. The van der Waals surface area contributed by atoms with Crippen molar-refractivity contribution < 1.29 is 9.59 Å². The molecule has 6 rings (SSSR count). The lowest BCUT2D eigenvalue weighted by Crippen LogP contribution is -2.48. The normalized spacial score (nSPS) is 23.9. The molecule has 1 unspecified atom stereocenters. The third-order valence-corrected chi connectivity index (χ3v) is 9.33. The molecule has 2 aromatic carbocycles. The van der Waals surface area contributed by atoms with Gasteiger partial charge < -0.3 is 20.0 Å². The smallest absolute Gasteiger partial charge is 0.321 e. The Morgan fingerprint density at radius 1 is 0.795 bits per heavy atom. The van der Waals surface area contributed by atoms with Gasteiger partial charge in [-0.25, -0.2) is 4.79 Å². The first-order chi connectivity index (χ1) is 19.2. The minimum Gasteiger partial charge on any atom is -0.336 e. The Labute approximate surface area is 233 Å². The minimum atomic E-state index is 0.134. The van der Waals surface area contributed by atoms with Crippen LogP contribution in [-0.2, 0) is 6.54 Å². The van der Waals surface area contributed by atoms with Crippen molar-refractivity contribution in [2.75, 3.05) is 45.8 Å². The van der Waals surface area contributed by atoms with Gasteiger partial charge in [-0.15, -0.1) is 0 Å². The molecule has 3 heterocycles. The van der Waals surface area contributed by atoms with Crippen LogP contribution in [0.25, 0.3) is 0 Å². The van der Waals surface area contributed by atoms with E-state index >= 15 is 0 Å². The van der Waals surface area contributed by atoms with Gasteiger partial charge in [0.05, 0.1) is 6.04 Å². The van der Waals surface area contributed by atoms with Gasteiger partial charge in [0, 0.05) is 70.0 Å². The molecule has 3 amide bonds. The van der Waals surface area contributed by atoms with E-state index in [0.717, 1.165) is 83.6 Å². The fourth-order valence-electron chi connectivity index (χ4n) is 7.10. The summed E-state index contributed by atoms with van der Waals surface area (Å²) < 4.78 is 0. The standard InChI is InChI=1S/C32H43N5O2/c38-31(35-21-17-33-18-22-35)27-13-11-25(12-14-27)23-34-19-15-29(16-20-34)37-30(26-7-3-1-4-8-26)24-36(32(37)39)28-9-5-2-6-10-28/h1,3-4,7-8,11-14,28-30,33H,2,5-6,9-10,15-24H2. The number of urea groups is 1. The number of rotatable bonds is 6. The predicted octanol–water partition coefficient (Wildman–Crippen LogP) is 4.51. The molecular weight excluding hydrogens is 486 g/mol. The number of hydrogen-bond donors (Lipinski definition) is 1. The predicted molar refractivity (Wildman–Crippen MR) is 154 cm³/mol. The van der Waals surface area contributed by atoms with Crippen molar-refractivity contribution in [3.05, 3.63) is 71.3 Å². The molecular formula is C32H43N5O2. The number of likely N-dealkylation sites (tertiary alicyclic amines) is 1. The molecule has 0 radical (unpaired) electrons. The lowest BCUT2D eigenvalue weighted by atomic mass is 9.94. The number of piperazine rings is 1. The average molecular weight is 530 g/mol. The fourth-order valence-corrected chi connectivity index (χ4v) is 7.10. The summed E-state index contributed by atoms with van der Waals surface area (Å²) in [4.78, 5) is 35.6. The van der Waals surface area contributed by atoms with Crippen LogP contribution < -0.4 is 5.32 Å². The maximum atomic E-state index is 13.9. The minimum absolute atomic E-state index is 0.134. The summed E-state index contributed by atoms with van der Waals surface area (Å²) in [6.45, 7) is 6.98. The van der Waals surface area contributed by atoms with E-state index in [9.17, 15) is 9.59 Å². The molecule has 3 aliphatic heterocycles. The summed E-state index contributed by atoms with van der Waals surface area (Å²) in [5, 5.41) is 3.30. The molecule has 0 spiro atoms. The number of hydrogen-bond acceptors (Lipinski definition) is 4. The van der Waals surface area contributed by atoms with Gasteiger partial charge in [0.2, 0.25) is 0 Å². The van der Waals surface area contributed by atoms with Crippen LogP contribution in [0.4, 0.5) is 4.79 Å². The number of nitrogens with one attached hydrogen (secondary N) is 1. The van der Waals surface area contributed by atoms with Crippen LogP contribution in [-0.4, -0.2) is 89.4 Å². The summed E-state index contributed by atoms with van der Waals surface area (Å²) >= 11 is 0. The summed E-state index contributed by atoms with van der Waals surface area (Å²) in [5.74, 6) is 0.134. The molecule has 2 aromatic rings. The second-order valence-electron chi connectivity index (χ2n) is 11.8. The van der Waals surface area contributed by atoms with E-state index in [0.29, 0.717) is 6.04 Å². The Morgan fingerprint density at radius 3 is 2.18 bits per heavy atom. The Kier molecular flexibility index (Phi) is 8.16. The van der Waals surface area contributed by atoms with Crippen LogP contribution in [0.15, 0.2) is 54.6 Å². The van der Waals surface area contributed by atoms with E-state index in [-0.39, 0.29) is 24.0 Å². The molecule has 1 aliphatic carbocycles.